The predicted octanol–water partition coefficient (Wildman–Crippen LogP) is 4.39. The van der Waals surface area contributed by atoms with Gasteiger partial charge in [-0.3, -0.25) is 4.79 Å². The summed E-state index contributed by atoms with van der Waals surface area (Å²) in [6, 6.07) is 19.2. The first-order chi connectivity index (χ1) is 13.6. The second kappa shape index (κ2) is 8.68. The Morgan fingerprint density at radius 3 is 2.50 bits per heavy atom. The van der Waals surface area contributed by atoms with Crippen LogP contribution in [0, 0.1) is 11.3 Å². The number of anilines is 1. The molecule has 0 saturated carbocycles. The van der Waals surface area contributed by atoms with E-state index in [1.54, 1.807) is 19.2 Å². The average Bonchev–Trinajstić information content (AvgIpc) is 2.73. The highest BCUT2D eigenvalue weighted by atomic mass is 32.2. The number of thioether (sulfide) groups is 1. The summed E-state index contributed by atoms with van der Waals surface area (Å²) in [7, 11) is 1.56. The summed E-state index contributed by atoms with van der Waals surface area (Å²) in [6.07, 6.45) is 1.91. The summed E-state index contributed by atoms with van der Waals surface area (Å²) in [4.78, 5) is 13.3. The number of methoxy groups -OCH3 is 1. The molecule has 1 amide bonds. The van der Waals surface area contributed by atoms with E-state index in [9.17, 15) is 10.1 Å². The van der Waals surface area contributed by atoms with Crippen LogP contribution in [0.3, 0.4) is 0 Å². The van der Waals surface area contributed by atoms with Gasteiger partial charge in [-0.05, 0) is 30.9 Å². The van der Waals surface area contributed by atoms with Crippen molar-refractivity contribution in [1.82, 2.24) is 5.32 Å². The number of ether oxygens (including phenoxy) is 1. The van der Waals surface area contributed by atoms with Crippen LogP contribution in [-0.4, -0.2) is 19.3 Å². The normalized spacial score (nSPS) is 16.3. The quantitative estimate of drug-likeness (QED) is 0.791. The molecule has 0 saturated heterocycles. The van der Waals surface area contributed by atoms with Crippen molar-refractivity contribution in [3.63, 3.8) is 0 Å². The average molecular weight is 391 g/mol. The Kier molecular flexibility index (Phi) is 6.07. The molecule has 6 heteroatoms. The summed E-state index contributed by atoms with van der Waals surface area (Å²) in [5, 5.41) is 16.8. The zero-order chi connectivity index (χ0) is 20.1. The highest BCUT2D eigenvalue weighted by Gasteiger charge is 2.34. The van der Waals surface area contributed by atoms with E-state index < -0.39 is 5.92 Å². The minimum Gasteiger partial charge on any atom is -0.495 e. The molecule has 0 radical (unpaired) electrons. The largest absolute Gasteiger partial charge is 0.495 e. The number of benzene rings is 2. The van der Waals surface area contributed by atoms with Crippen molar-refractivity contribution in [3.8, 4) is 11.8 Å². The fraction of sp³-hybridized carbons (Fsp3) is 0.182. The number of nitrogens with one attached hydrogen (secondary N) is 2. The van der Waals surface area contributed by atoms with Crippen LogP contribution in [0.2, 0.25) is 0 Å². The molecule has 2 N–H and O–H groups in total. The van der Waals surface area contributed by atoms with Crippen molar-refractivity contribution in [3.05, 3.63) is 82.0 Å². The monoisotopic (exact) mass is 391 g/mol. The molecule has 142 valence electrons. The lowest BCUT2D eigenvalue weighted by atomic mass is 9.82. The number of hydrogen-bond donors (Lipinski definition) is 2. The molecule has 1 aliphatic heterocycles. The lowest BCUT2D eigenvalue weighted by Gasteiger charge is -2.29. The predicted molar refractivity (Wildman–Crippen MR) is 113 cm³/mol. The number of para-hydroxylation sites is 2. The molecule has 5 nitrogen and oxygen atoms in total. The van der Waals surface area contributed by atoms with Crippen molar-refractivity contribution in [2.75, 3.05) is 18.7 Å². The van der Waals surface area contributed by atoms with Crippen molar-refractivity contribution in [2.24, 2.45) is 0 Å². The van der Waals surface area contributed by atoms with Gasteiger partial charge < -0.3 is 15.4 Å². The van der Waals surface area contributed by atoms with Crippen LogP contribution in [0.5, 0.6) is 5.75 Å². The van der Waals surface area contributed by atoms with Gasteiger partial charge in [-0.1, -0.05) is 42.5 Å². The number of hydrogen-bond acceptors (Lipinski definition) is 5. The smallest absolute Gasteiger partial charge is 0.254 e. The molecule has 0 aliphatic carbocycles. The zero-order valence-corrected chi connectivity index (χ0v) is 16.8. The highest BCUT2D eigenvalue weighted by molar-refractivity contribution is 8.02. The summed E-state index contributed by atoms with van der Waals surface area (Å²) in [5.41, 5.74) is 3.27. The van der Waals surface area contributed by atoms with E-state index in [0.717, 1.165) is 16.3 Å². The number of carbonyl (C=O) groups is 1. The van der Waals surface area contributed by atoms with Gasteiger partial charge in [-0.15, -0.1) is 11.8 Å². The van der Waals surface area contributed by atoms with E-state index in [4.69, 9.17) is 4.74 Å². The van der Waals surface area contributed by atoms with Gasteiger partial charge in [-0.2, -0.15) is 5.26 Å². The van der Waals surface area contributed by atoms with Gasteiger partial charge in [0.05, 0.1) is 35.4 Å². The number of dihydropyridines is 1. The number of nitrogens with zero attached hydrogens (tertiary/aromatic N) is 1. The van der Waals surface area contributed by atoms with Crippen molar-refractivity contribution in [2.45, 2.75) is 12.8 Å². The lowest BCUT2D eigenvalue weighted by Crippen LogP contribution is -2.30. The molecular formula is C22H21N3O2S. The molecule has 1 aliphatic rings. The Morgan fingerprint density at radius 1 is 1.18 bits per heavy atom. The maximum Gasteiger partial charge on any atom is 0.254 e. The molecule has 0 fully saturated rings. The number of nitriles is 1. The molecule has 0 spiro atoms. The third-order valence-corrected chi connectivity index (χ3v) is 5.31. The molecule has 3 rings (SSSR count). The van der Waals surface area contributed by atoms with Crippen molar-refractivity contribution >= 4 is 23.4 Å². The van der Waals surface area contributed by atoms with Gasteiger partial charge in [0.25, 0.3) is 5.91 Å². The van der Waals surface area contributed by atoms with Crippen LogP contribution < -0.4 is 15.4 Å². The second-order valence-electron chi connectivity index (χ2n) is 6.22. The van der Waals surface area contributed by atoms with Gasteiger partial charge >= 0.3 is 0 Å². The molecule has 28 heavy (non-hydrogen) atoms. The van der Waals surface area contributed by atoms with E-state index in [1.807, 2.05) is 55.6 Å². The van der Waals surface area contributed by atoms with E-state index >= 15 is 0 Å². The third kappa shape index (κ3) is 3.75. The minimum absolute atomic E-state index is 0.267. The Labute approximate surface area is 169 Å². The Morgan fingerprint density at radius 2 is 1.86 bits per heavy atom. The van der Waals surface area contributed by atoms with Crippen LogP contribution in [0.1, 0.15) is 18.4 Å². The van der Waals surface area contributed by atoms with Gasteiger partial charge in [0.15, 0.2) is 0 Å². The molecular weight excluding hydrogens is 370 g/mol. The zero-order valence-electron chi connectivity index (χ0n) is 15.9. The highest BCUT2D eigenvalue weighted by Crippen LogP contribution is 2.40. The van der Waals surface area contributed by atoms with Gasteiger partial charge in [-0.25, -0.2) is 0 Å². The summed E-state index contributed by atoms with van der Waals surface area (Å²) in [5.74, 6) is -0.129. The SMILES string of the molecule is COc1ccccc1NC(=O)C1=C(C)NC(SC)=C(C#N)[C@H]1c1ccccc1. The van der Waals surface area contributed by atoms with E-state index in [1.165, 1.54) is 11.8 Å². The van der Waals surface area contributed by atoms with E-state index in [2.05, 4.69) is 16.7 Å². The second-order valence-corrected chi connectivity index (χ2v) is 7.04. The van der Waals surface area contributed by atoms with Gasteiger partial charge in [0, 0.05) is 11.3 Å². The summed E-state index contributed by atoms with van der Waals surface area (Å²) in [6.45, 7) is 1.86. The van der Waals surface area contributed by atoms with Crippen LogP contribution in [-0.2, 0) is 4.79 Å². The molecule has 1 atom stereocenters. The van der Waals surface area contributed by atoms with Crippen LogP contribution in [0.15, 0.2) is 76.5 Å². The maximum absolute atomic E-state index is 13.3. The van der Waals surface area contributed by atoms with Crippen LogP contribution >= 0.6 is 11.8 Å². The first-order valence-corrected chi connectivity index (χ1v) is 9.98. The van der Waals surface area contributed by atoms with Crippen LogP contribution in [0.25, 0.3) is 0 Å². The molecule has 1 heterocycles. The van der Waals surface area contributed by atoms with Crippen molar-refractivity contribution < 1.29 is 9.53 Å². The number of carbonyl (C=O) groups excluding carboxylic acids is 1. The first-order valence-electron chi connectivity index (χ1n) is 8.76. The first kappa shape index (κ1) is 19.6. The maximum atomic E-state index is 13.3. The molecule has 2 aromatic carbocycles. The molecule has 0 aromatic heterocycles. The summed E-state index contributed by atoms with van der Waals surface area (Å²) >= 11 is 1.46. The van der Waals surface area contributed by atoms with Gasteiger partial charge in [0.1, 0.15) is 5.75 Å². The minimum atomic E-state index is -0.440. The number of allylic oxidation sites excluding steroid dienone is 2. The molecule has 2 aromatic rings. The lowest BCUT2D eigenvalue weighted by molar-refractivity contribution is -0.113. The van der Waals surface area contributed by atoms with E-state index in [-0.39, 0.29) is 5.91 Å². The Hall–Kier alpha value is -3.17. The van der Waals surface area contributed by atoms with E-state index in [0.29, 0.717) is 22.6 Å². The standard InChI is InChI=1S/C22H21N3O2S/c1-14-19(21(26)25-17-11-7-8-12-18(17)27-2)20(15-9-5-4-6-10-15)16(13-23)22(24-14)28-3/h4-12,20,24H,1-3H3,(H,25,26)/t20-/m1/s1. The van der Waals surface area contributed by atoms with Crippen molar-refractivity contribution in [1.29, 1.82) is 5.26 Å². The number of rotatable bonds is 5. The van der Waals surface area contributed by atoms with Gasteiger partial charge in [0.2, 0.25) is 0 Å². The van der Waals surface area contributed by atoms with Crippen LogP contribution in [0.4, 0.5) is 5.69 Å². The third-order valence-electron chi connectivity index (χ3n) is 4.58. The number of amides is 1. The fourth-order valence-electron chi connectivity index (χ4n) is 3.29. The molecule has 0 bridgehead atoms. The summed E-state index contributed by atoms with van der Waals surface area (Å²) < 4.78 is 5.34. The molecule has 0 unspecified atom stereocenters. The Balaban J connectivity index is 2.06. The fourth-order valence-corrected chi connectivity index (χ4v) is 3.93. The topological polar surface area (TPSA) is 74.2 Å². The Bertz CT molecular complexity index is 990.